The number of nitrogens with zero attached hydrogens (tertiary/aromatic N) is 5. The number of ether oxygens (including phenoxy) is 1. The lowest BCUT2D eigenvalue weighted by molar-refractivity contribution is -0.113. The molecule has 0 fully saturated rings. The Bertz CT molecular complexity index is 1380. The number of nitrogens with one attached hydrogen (secondary N) is 2. The monoisotopic (exact) mass is 575 g/mol. The van der Waals surface area contributed by atoms with Gasteiger partial charge in [0.25, 0.3) is 5.91 Å². The first-order chi connectivity index (χ1) is 18.0. The number of para-hydroxylation sites is 1. The fourth-order valence-corrected chi connectivity index (χ4v) is 5.76. The SMILES string of the molecule is CCSc1nnc(NC(=O)CSc2nnc(CNC(=O)c3ccc(OC)cc3)n2-c2ccccc2Cl)s1. The van der Waals surface area contributed by atoms with Crippen LogP contribution in [0.15, 0.2) is 58.0 Å². The van der Waals surface area contributed by atoms with Gasteiger partial charge in [-0.25, -0.2) is 0 Å². The predicted octanol–water partition coefficient (Wildman–Crippen LogP) is 4.55. The maximum Gasteiger partial charge on any atom is 0.251 e. The summed E-state index contributed by atoms with van der Waals surface area (Å²) in [6.45, 7) is 2.12. The number of aromatic nitrogens is 5. The average molecular weight is 576 g/mol. The van der Waals surface area contributed by atoms with Crippen molar-refractivity contribution in [1.29, 1.82) is 0 Å². The molecule has 0 bridgehead atoms. The van der Waals surface area contributed by atoms with Crippen LogP contribution in [-0.4, -0.2) is 55.4 Å². The van der Waals surface area contributed by atoms with Crippen LogP contribution in [0.25, 0.3) is 5.69 Å². The molecule has 37 heavy (non-hydrogen) atoms. The zero-order valence-electron chi connectivity index (χ0n) is 19.8. The van der Waals surface area contributed by atoms with Gasteiger partial charge in [0.15, 0.2) is 15.3 Å². The van der Waals surface area contributed by atoms with E-state index in [4.69, 9.17) is 16.3 Å². The van der Waals surface area contributed by atoms with Gasteiger partial charge in [0.2, 0.25) is 11.0 Å². The van der Waals surface area contributed by atoms with Crippen LogP contribution in [0.2, 0.25) is 5.02 Å². The third-order valence-electron chi connectivity index (χ3n) is 4.81. The van der Waals surface area contributed by atoms with Crippen molar-refractivity contribution in [3.8, 4) is 11.4 Å². The molecule has 14 heteroatoms. The van der Waals surface area contributed by atoms with E-state index in [1.807, 2.05) is 25.1 Å². The molecule has 2 aromatic heterocycles. The zero-order chi connectivity index (χ0) is 26.2. The summed E-state index contributed by atoms with van der Waals surface area (Å²) >= 11 is 10.5. The summed E-state index contributed by atoms with van der Waals surface area (Å²) in [7, 11) is 1.56. The highest BCUT2D eigenvalue weighted by molar-refractivity contribution is 8.01. The first-order valence-electron chi connectivity index (χ1n) is 11.0. The highest BCUT2D eigenvalue weighted by atomic mass is 35.5. The molecule has 0 spiro atoms. The zero-order valence-corrected chi connectivity index (χ0v) is 23.0. The maximum atomic E-state index is 12.7. The van der Waals surface area contributed by atoms with Crippen LogP contribution >= 0.6 is 46.5 Å². The van der Waals surface area contributed by atoms with Gasteiger partial charge in [-0.05, 0) is 42.2 Å². The third kappa shape index (κ3) is 7.01. The number of carbonyl (C=O) groups is 2. The van der Waals surface area contributed by atoms with Crippen molar-refractivity contribution >= 4 is 63.4 Å². The van der Waals surface area contributed by atoms with E-state index < -0.39 is 0 Å². The van der Waals surface area contributed by atoms with Crippen LogP contribution in [0, 0.1) is 0 Å². The molecule has 0 unspecified atom stereocenters. The fourth-order valence-electron chi connectivity index (χ4n) is 3.11. The Balaban J connectivity index is 1.47. The summed E-state index contributed by atoms with van der Waals surface area (Å²) in [5.41, 5.74) is 1.11. The van der Waals surface area contributed by atoms with Gasteiger partial charge in [0.1, 0.15) is 5.75 Å². The van der Waals surface area contributed by atoms with Gasteiger partial charge in [0.05, 0.1) is 30.1 Å². The van der Waals surface area contributed by atoms with Crippen molar-refractivity contribution in [2.24, 2.45) is 0 Å². The predicted molar refractivity (Wildman–Crippen MR) is 146 cm³/mol. The van der Waals surface area contributed by atoms with E-state index >= 15 is 0 Å². The molecule has 0 aliphatic rings. The number of methoxy groups -OCH3 is 1. The van der Waals surface area contributed by atoms with Crippen molar-refractivity contribution in [1.82, 2.24) is 30.3 Å². The number of amides is 2. The number of anilines is 1. The molecule has 0 saturated heterocycles. The number of benzene rings is 2. The van der Waals surface area contributed by atoms with Gasteiger partial charge in [-0.2, -0.15) is 0 Å². The smallest absolute Gasteiger partial charge is 0.251 e. The minimum Gasteiger partial charge on any atom is -0.497 e. The molecule has 0 saturated carbocycles. The number of hydrogen-bond donors (Lipinski definition) is 2. The van der Waals surface area contributed by atoms with Gasteiger partial charge < -0.3 is 10.1 Å². The van der Waals surface area contributed by atoms with Crippen LogP contribution in [-0.2, 0) is 11.3 Å². The topological polar surface area (TPSA) is 124 Å². The Morgan fingerprint density at radius 3 is 2.57 bits per heavy atom. The van der Waals surface area contributed by atoms with Gasteiger partial charge in [0, 0.05) is 5.56 Å². The molecule has 2 N–H and O–H groups in total. The quantitative estimate of drug-likeness (QED) is 0.196. The van der Waals surface area contributed by atoms with E-state index in [1.165, 1.54) is 23.1 Å². The summed E-state index contributed by atoms with van der Waals surface area (Å²) in [4.78, 5) is 25.2. The molecule has 4 aromatic rings. The highest BCUT2D eigenvalue weighted by Gasteiger charge is 2.19. The van der Waals surface area contributed by atoms with Crippen LogP contribution < -0.4 is 15.4 Å². The second-order valence-electron chi connectivity index (χ2n) is 7.24. The second kappa shape index (κ2) is 12.9. The standard InChI is InChI=1S/C23H22ClN7O3S3/c1-3-35-23-30-28-21(37-23)26-19(32)13-36-22-29-27-18(31(22)17-7-5-4-6-16(17)24)12-25-20(33)14-8-10-15(34-2)11-9-14/h4-11H,3,12-13H2,1-2H3,(H,25,33)(H,26,28,32). The Kier molecular flexibility index (Phi) is 9.39. The van der Waals surface area contributed by atoms with Crippen LogP contribution in [0.5, 0.6) is 5.75 Å². The Morgan fingerprint density at radius 2 is 1.84 bits per heavy atom. The maximum absolute atomic E-state index is 12.7. The normalized spacial score (nSPS) is 10.8. The van der Waals surface area contributed by atoms with E-state index in [2.05, 4.69) is 31.0 Å². The van der Waals surface area contributed by atoms with Crippen molar-refractivity contribution in [2.75, 3.05) is 23.9 Å². The summed E-state index contributed by atoms with van der Waals surface area (Å²) < 4.78 is 7.67. The van der Waals surface area contributed by atoms with Gasteiger partial charge in [-0.3, -0.25) is 19.5 Å². The average Bonchev–Trinajstić information content (AvgIpc) is 3.53. The van der Waals surface area contributed by atoms with Crippen LogP contribution in [0.1, 0.15) is 23.1 Å². The molecule has 0 atom stereocenters. The Hall–Kier alpha value is -3.13. The van der Waals surface area contributed by atoms with Crippen LogP contribution in [0.4, 0.5) is 5.13 Å². The molecule has 192 valence electrons. The highest BCUT2D eigenvalue weighted by Crippen LogP contribution is 2.28. The van der Waals surface area contributed by atoms with E-state index in [0.29, 0.717) is 38.1 Å². The fraction of sp³-hybridized carbons (Fsp3) is 0.217. The minimum atomic E-state index is -0.275. The number of hydrogen-bond acceptors (Lipinski definition) is 10. The number of halogens is 1. The van der Waals surface area contributed by atoms with Crippen molar-refractivity contribution in [2.45, 2.75) is 23.0 Å². The summed E-state index contributed by atoms with van der Waals surface area (Å²) in [6, 6.07) is 14.0. The molecule has 2 amide bonds. The second-order valence-corrected chi connectivity index (χ2v) is 11.1. The van der Waals surface area contributed by atoms with Crippen molar-refractivity contribution in [3.05, 3.63) is 64.9 Å². The Labute approximate surface area is 230 Å². The molecule has 0 aliphatic heterocycles. The lowest BCUT2D eigenvalue weighted by Crippen LogP contribution is -2.24. The number of carbonyl (C=O) groups excluding carboxylic acids is 2. The van der Waals surface area contributed by atoms with Gasteiger partial charge in [-0.15, -0.1) is 20.4 Å². The summed E-state index contributed by atoms with van der Waals surface area (Å²) in [5.74, 6) is 1.53. The molecule has 2 heterocycles. The Morgan fingerprint density at radius 1 is 1.05 bits per heavy atom. The molecule has 10 nitrogen and oxygen atoms in total. The van der Waals surface area contributed by atoms with Gasteiger partial charge in [-0.1, -0.05) is 65.5 Å². The lowest BCUT2D eigenvalue weighted by atomic mass is 10.2. The van der Waals surface area contributed by atoms with Gasteiger partial charge >= 0.3 is 0 Å². The third-order valence-corrected chi connectivity index (χ3v) is 7.91. The van der Waals surface area contributed by atoms with Crippen LogP contribution in [0.3, 0.4) is 0 Å². The first-order valence-corrected chi connectivity index (χ1v) is 14.2. The van der Waals surface area contributed by atoms with E-state index in [1.54, 1.807) is 53.8 Å². The molecule has 2 aromatic carbocycles. The minimum absolute atomic E-state index is 0.0661. The summed E-state index contributed by atoms with van der Waals surface area (Å²) in [6.07, 6.45) is 0. The van der Waals surface area contributed by atoms with E-state index in [0.717, 1.165) is 10.1 Å². The van der Waals surface area contributed by atoms with Crippen molar-refractivity contribution in [3.63, 3.8) is 0 Å². The molecule has 0 aliphatic carbocycles. The molecule has 0 radical (unpaired) electrons. The molecular weight excluding hydrogens is 554 g/mol. The molecular formula is C23H22ClN7O3S3. The number of thioether (sulfide) groups is 2. The number of rotatable bonds is 11. The first kappa shape index (κ1) is 26.9. The lowest BCUT2D eigenvalue weighted by Gasteiger charge is -2.12. The largest absolute Gasteiger partial charge is 0.497 e. The van der Waals surface area contributed by atoms with E-state index in [-0.39, 0.29) is 24.1 Å². The molecule has 4 rings (SSSR count). The van der Waals surface area contributed by atoms with E-state index in [9.17, 15) is 9.59 Å². The van der Waals surface area contributed by atoms with Crippen molar-refractivity contribution < 1.29 is 14.3 Å². The summed E-state index contributed by atoms with van der Waals surface area (Å²) in [5, 5.41) is 23.5.